The number of ketones is 1. The summed E-state index contributed by atoms with van der Waals surface area (Å²) < 4.78 is 0. The fourth-order valence-electron chi connectivity index (χ4n) is 3.40. The van der Waals surface area contributed by atoms with Crippen LogP contribution in [0.1, 0.15) is 72.6 Å². The zero-order valence-corrected chi connectivity index (χ0v) is 18.2. The molecule has 1 aliphatic carbocycles. The van der Waals surface area contributed by atoms with Gasteiger partial charge in [0.1, 0.15) is 5.78 Å². The number of unbranched alkanes of at least 4 members (excludes halogenated alkanes) is 1. The average molecular weight is 402 g/mol. The largest absolute Gasteiger partial charge is 0.388 e. The van der Waals surface area contributed by atoms with E-state index in [1.165, 1.54) is 6.92 Å². The van der Waals surface area contributed by atoms with Crippen LogP contribution in [0.15, 0.2) is 24.3 Å². The number of carbonyl (C=O) groups excluding carboxylic acids is 3. The monoisotopic (exact) mass is 401 g/mol. The fraction of sp³-hybridized carbons (Fsp3) is 0.625. The standard InChI is InChI=1S/C24H35NO4/c1-5-6-17-24(3,4)22(28)16-14-19-13-15-21(27)20(19)11-9-7-8-10-12-23(29)25-18(2)26/h7,9,14,16,19-20,22,28H,8,10-13,15,17H2,1-4H3,(H,25,26,29)/b9-7-,16-14+/t19-,20-,22-/m1/s1. The Balaban J connectivity index is 2.49. The molecule has 0 aromatic rings. The Morgan fingerprint density at radius 1 is 1.34 bits per heavy atom. The van der Waals surface area contributed by atoms with E-state index in [0.29, 0.717) is 32.1 Å². The highest BCUT2D eigenvalue weighted by Crippen LogP contribution is 2.34. The summed E-state index contributed by atoms with van der Waals surface area (Å²) >= 11 is 0. The average Bonchev–Trinajstić information content (AvgIpc) is 3.00. The van der Waals surface area contributed by atoms with Crippen molar-refractivity contribution in [2.45, 2.75) is 78.7 Å². The molecule has 5 heteroatoms. The summed E-state index contributed by atoms with van der Waals surface area (Å²) in [5.74, 6) is 5.67. The third-order valence-corrected chi connectivity index (χ3v) is 5.36. The maximum Gasteiger partial charge on any atom is 0.226 e. The predicted octanol–water partition coefficient (Wildman–Crippen LogP) is 3.72. The number of nitrogens with one attached hydrogen (secondary N) is 1. The summed E-state index contributed by atoms with van der Waals surface area (Å²) in [6.07, 6.45) is 11.6. The highest BCUT2D eigenvalue weighted by atomic mass is 16.3. The lowest BCUT2D eigenvalue weighted by Gasteiger charge is -2.26. The molecule has 0 heterocycles. The fourth-order valence-corrected chi connectivity index (χ4v) is 3.40. The van der Waals surface area contributed by atoms with Crippen molar-refractivity contribution in [2.24, 2.45) is 17.3 Å². The second kappa shape index (κ2) is 12.4. The summed E-state index contributed by atoms with van der Waals surface area (Å²) in [7, 11) is 0. The molecule has 29 heavy (non-hydrogen) atoms. The van der Waals surface area contributed by atoms with Crippen molar-refractivity contribution in [3.05, 3.63) is 24.3 Å². The summed E-state index contributed by atoms with van der Waals surface area (Å²) in [4.78, 5) is 34.4. The second-order valence-electron chi connectivity index (χ2n) is 8.40. The van der Waals surface area contributed by atoms with Crippen LogP contribution in [-0.2, 0) is 14.4 Å². The molecule has 0 saturated heterocycles. The van der Waals surface area contributed by atoms with E-state index in [9.17, 15) is 19.5 Å². The molecular weight excluding hydrogens is 366 g/mol. The Hall–Kier alpha value is -2.19. The second-order valence-corrected chi connectivity index (χ2v) is 8.40. The van der Waals surface area contributed by atoms with Crippen molar-refractivity contribution < 1.29 is 19.5 Å². The molecule has 1 rings (SSSR count). The van der Waals surface area contributed by atoms with E-state index in [1.54, 1.807) is 6.92 Å². The predicted molar refractivity (Wildman–Crippen MR) is 115 cm³/mol. The van der Waals surface area contributed by atoms with Crippen molar-refractivity contribution in [3.8, 4) is 11.8 Å². The normalized spacial score (nSPS) is 20.7. The summed E-state index contributed by atoms with van der Waals surface area (Å²) in [6.45, 7) is 7.09. The Morgan fingerprint density at radius 2 is 2.07 bits per heavy atom. The lowest BCUT2D eigenvalue weighted by Crippen LogP contribution is -2.27. The quantitative estimate of drug-likeness (QED) is 0.332. The molecule has 0 radical (unpaired) electrons. The van der Waals surface area contributed by atoms with Gasteiger partial charge in [0.2, 0.25) is 11.8 Å². The third-order valence-electron chi connectivity index (χ3n) is 5.36. The van der Waals surface area contributed by atoms with E-state index in [4.69, 9.17) is 0 Å². The van der Waals surface area contributed by atoms with Gasteiger partial charge >= 0.3 is 0 Å². The number of hydrogen-bond donors (Lipinski definition) is 2. The molecule has 0 spiro atoms. The van der Waals surface area contributed by atoms with Gasteiger partial charge in [-0.25, -0.2) is 0 Å². The molecule has 0 unspecified atom stereocenters. The molecule has 0 aliphatic heterocycles. The zero-order valence-electron chi connectivity index (χ0n) is 18.2. The Bertz CT molecular complexity index is 693. The number of aliphatic hydroxyl groups excluding tert-OH is 1. The number of carbonyl (C=O) groups is 3. The van der Waals surface area contributed by atoms with Crippen LogP contribution in [0.4, 0.5) is 0 Å². The molecule has 1 saturated carbocycles. The highest BCUT2D eigenvalue weighted by molar-refractivity contribution is 5.93. The van der Waals surface area contributed by atoms with Crippen LogP contribution >= 0.6 is 0 Å². The summed E-state index contributed by atoms with van der Waals surface area (Å²) in [5.41, 5.74) is -0.327. The van der Waals surface area contributed by atoms with Gasteiger partial charge in [0, 0.05) is 37.5 Å². The van der Waals surface area contributed by atoms with E-state index in [2.05, 4.69) is 17.2 Å². The number of imide groups is 1. The maximum atomic E-state index is 12.2. The first-order valence-electron chi connectivity index (χ1n) is 10.4. The first kappa shape index (κ1) is 24.8. The molecule has 1 aliphatic rings. The molecule has 0 aromatic carbocycles. The van der Waals surface area contributed by atoms with Crippen molar-refractivity contribution in [1.29, 1.82) is 0 Å². The Labute approximate surface area is 175 Å². The van der Waals surface area contributed by atoms with E-state index in [0.717, 1.165) is 12.8 Å². The van der Waals surface area contributed by atoms with Crippen molar-refractivity contribution in [3.63, 3.8) is 0 Å². The molecule has 0 aromatic heterocycles. The summed E-state index contributed by atoms with van der Waals surface area (Å²) in [6, 6.07) is 0. The molecular formula is C24H35NO4. The molecule has 2 amide bonds. The van der Waals surface area contributed by atoms with Gasteiger partial charge in [0.05, 0.1) is 6.10 Å². The number of hydrogen-bond acceptors (Lipinski definition) is 4. The van der Waals surface area contributed by atoms with E-state index < -0.39 is 6.10 Å². The van der Waals surface area contributed by atoms with Gasteiger partial charge in [-0.1, -0.05) is 38.2 Å². The van der Waals surface area contributed by atoms with Crippen molar-refractivity contribution in [1.82, 2.24) is 5.32 Å². The first-order chi connectivity index (χ1) is 13.7. The number of aliphatic hydroxyl groups is 1. The van der Waals surface area contributed by atoms with Gasteiger partial charge in [0.15, 0.2) is 0 Å². The van der Waals surface area contributed by atoms with Crippen LogP contribution in [0, 0.1) is 29.1 Å². The van der Waals surface area contributed by atoms with Gasteiger partial charge in [-0.2, -0.15) is 0 Å². The zero-order chi connectivity index (χ0) is 21.9. The van der Waals surface area contributed by atoms with Crippen LogP contribution in [0.5, 0.6) is 0 Å². The minimum atomic E-state index is -0.601. The Morgan fingerprint density at radius 3 is 2.72 bits per heavy atom. The molecule has 160 valence electrons. The lowest BCUT2D eigenvalue weighted by molar-refractivity contribution is -0.129. The topological polar surface area (TPSA) is 83.5 Å². The Kier molecular flexibility index (Phi) is 10.6. The molecule has 0 bridgehead atoms. The van der Waals surface area contributed by atoms with Gasteiger partial charge in [-0.05, 0) is 38.5 Å². The number of allylic oxidation sites excluding steroid dienone is 3. The minimum absolute atomic E-state index is 0.0470. The highest BCUT2D eigenvalue weighted by Gasteiger charge is 2.32. The van der Waals surface area contributed by atoms with Crippen LogP contribution in [-0.4, -0.2) is 28.8 Å². The van der Waals surface area contributed by atoms with E-state index in [-0.39, 0.29) is 34.8 Å². The smallest absolute Gasteiger partial charge is 0.226 e. The third kappa shape index (κ3) is 9.23. The molecule has 2 N–H and O–H groups in total. The van der Waals surface area contributed by atoms with Gasteiger partial charge in [0.25, 0.3) is 0 Å². The minimum Gasteiger partial charge on any atom is -0.388 e. The molecule has 3 atom stereocenters. The number of rotatable bonds is 10. The van der Waals surface area contributed by atoms with Crippen LogP contribution < -0.4 is 5.32 Å². The maximum absolute atomic E-state index is 12.2. The number of amides is 2. The summed E-state index contributed by atoms with van der Waals surface area (Å²) in [5, 5.41) is 12.7. The SMILES string of the molecule is CC#CCC(C)(C)[C@H](O)/C=C/[C@H]1CCC(=O)[C@@H]1C/C=C\CCCC(=O)NC(C)=O. The molecule has 1 fully saturated rings. The lowest BCUT2D eigenvalue weighted by atomic mass is 9.82. The van der Waals surface area contributed by atoms with Crippen LogP contribution in [0.2, 0.25) is 0 Å². The first-order valence-corrected chi connectivity index (χ1v) is 10.4. The van der Waals surface area contributed by atoms with Gasteiger partial charge < -0.3 is 5.11 Å². The van der Waals surface area contributed by atoms with Crippen LogP contribution in [0.3, 0.4) is 0 Å². The van der Waals surface area contributed by atoms with Crippen molar-refractivity contribution >= 4 is 17.6 Å². The van der Waals surface area contributed by atoms with Crippen LogP contribution in [0.25, 0.3) is 0 Å². The van der Waals surface area contributed by atoms with Gasteiger partial charge in [-0.15, -0.1) is 11.8 Å². The van der Waals surface area contributed by atoms with E-state index in [1.807, 2.05) is 38.2 Å². The van der Waals surface area contributed by atoms with Crippen molar-refractivity contribution in [2.75, 3.05) is 0 Å². The van der Waals surface area contributed by atoms with E-state index >= 15 is 0 Å². The molecule has 5 nitrogen and oxygen atoms in total. The number of Topliss-reactive ketones (excluding diaryl/α,β-unsaturated/α-hetero) is 1. The van der Waals surface area contributed by atoms with Gasteiger partial charge in [-0.3, -0.25) is 19.7 Å².